The van der Waals surface area contributed by atoms with E-state index in [0.717, 1.165) is 42.9 Å². The van der Waals surface area contributed by atoms with Gasteiger partial charge in [0.05, 0.1) is 12.8 Å². The van der Waals surface area contributed by atoms with Crippen LogP contribution in [0.15, 0.2) is 28.9 Å². The minimum Gasteiger partial charge on any atom is -0.467 e. The Morgan fingerprint density at radius 2 is 1.93 bits per heavy atom. The molecule has 2 aliphatic rings. The van der Waals surface area contributed by atoms with Gasteiger partial charge in [0.15, 0.2) is 5.11 Å². The zero-order chi connectivity index (χ0) is 20.9. The van der Waals surface area contributed by atoms with E-state index in [4.69, 9.17) is 26.6 Å². The smallest absolute Gasteiger partial charge is 0.232 e. The zero-order valence-electron chi connectivity index (χ0n) is 17.9. The maximum atomic E-state index is 5.48. The number of piperidine rings is 2. The summed E-state index contributed by atoms with van der Waals surface area (Å²) in [6.07, 6.45) is 7.75. The average molecular weight is 429 g/mol. The van der Waals surface area contributed by atoms with E-state index in [1.807, 2.05) is 12.1 Å². The highest BCUT2D eigenvalue weighted by Gasteiger charge is 2.24. The van der Waals surface area contributed by atoms with Crippen molar-refractivity contribution >= 4 is 34.9 Å². The van der Waals surface area contributed by atoms with E-state index < -0.39 is 0 Å². The fraction of sp³-hybridized carbons (Fsp3) is 0.591. The lowest BCUT2D eigenvalue weighted by molar-refractivity contribution is 0.436. The van der Waals surface area contributed by atoms with Crippen molar-refractivity contribution in [3.63, 3.8) is 0 Å². The Labute approximate surface area is 184 Å². The molecule has 4 rings (SSSR count). The molecule has 2 fully saturated rings. The number of hydrogen-bond acceptors (Lipinski definition) is 6. The molecule has 0 amide bonds. The Morgan fingerprint density at radius 1 is 1.13 bits per heavy atom. The lowest BCUT2D eigenvalue weighted by Gasteiger charge is -2.36. The van der Waals surface area contributed by atoms with Crippen molar-refractivity contribution in [1.82, 2.24) is 15.3 Å². The second-order valence-corrected chi connectivity index (χ2v) is 8.91. The van der Waals surface area contributed by atoms with Gasteiger partial charge in [0.25, 0.3) is 0 Å². The molecular formula is C22H32N6OS. The van der Waals surface area contributed by atoms with Gasteiger partial charge in [-0.15, -0.1) is 0 Å². The molecule has 30 heavy (non-hydrogen) atoms. The average Bonchev–Trinajstić information content (AvgIpc) is 3.27. The molecule has 1 atom stereocenters. The van der Waals surface area contributed by atoms with E-state index in [2.05, 4.69) is 40.3 Å². The van der Waals surface area contributed by atoms with E-state index in [9.17, 15) is 0 Å². The van der Waals surface area contributed by atoms with Crippen molar-refractivity contribution in [3.05, 3.63) is 30.2 Å². The van der Waals surface area contributed by atoms with Crippen LogP contribution in [0.3, 0.4) is 0 Å². The number of nitrogens with one attached hydrogen (secondary N) is 2. The summed E-state index contributed by atoms with van der Waals surface area (Å²) in [6.45, 7) is 8.25. The van der Waals surface area contributed by atoms with Gasteiger partial charge in [-0.25, -0.2) is 0 Å². The Balaban J connectivity index is 1.52. The molecule has 2 saturated heterocycles. The van der Waals surface area contributed by atoms with Crippen LogP contribution < -0.4 is 20.4 Å². The predicted octanol–water partition coefficient (Wildman–Crippen LogP) is 4.17. The van der Waals surface area contributed by atoms with E-state index in [1.165, 1.54) is 32.1 Å². The van der Waals surface area contributed by atoms with Crippen LogP contribution in [0, 0.1) is 5.92 Å². The lowest BCUT2D eigenvalue weighted by Crippen LogP contribution is -2.39. The first-order valence-electron chi connectivity index (χ1n) is 11.1. The van der Waals surface area contributed by atoms with Gasteiger partial charge in [0, 0.05) is 31.7 Å². The molecule has 2 N–H and O–H groups in total. The van der Waals surface area contributed by atoms with E-state index >= 15 is 0 Å². The molecule has 0 radical (unpaired) electrons. The molecule has 8 heteroatoms. The highest BCUT2D eigenvalue weighted by atomic mass is 32.1. The Morgan fingerprint density at radius 3 is 2.67 bits per heavy atom. The van der Waals surface area contributed by atoms with E-state index in [1.54, 1.807) is 6.26 Å². The summed E-state index contributed by atoms with van der Waals surface area (Å²) in [5, 5.41) is 6.85. The zero-order valence-corrected chi connectivity index (χ0v) is 18.7. The Hall–Kier alpha value is -2.35. The number of anilines is 3. The summed E-state index contributed by atoms with van der Waals surface area (Å²) in [5.41, 5.74) is 0. The Bertz CT molecular complexity index is 834. The minimum atomic E-state index is 0.486. The molecule has 2 aliphatic heterocycles. The van der Waals surface area contributed by atoms with Crippen molar-refractivity contribution in [3.8, 4) is 0 Å². The van der Waals surface area contributed by atoms with Gasteiger partial charge in [-0.1, -0.05) is 6.92 Å². The third-order valence-corrected chi connectivity index (χ3v) is 6.38. The van der Waals surface area contributed by atoms with Crippen LogP contribution in [-0.2, 0) is 6.54 Å². The van der Waals surface area contributed by atoms with Crippen LogP contribution in [0.2, 0.25) is 0 Å². The molecule has 0 bridgehead atoms. The van der Waals surface area contributed by atoms with Crippen molar-refractivity contribution in [1.29, 1.82) is 0 Å². The first-order chi connectivity index (χ1) is 14.6. The number of furan rings is 1. The number of nitrogens with zero attached hydrogens (tertiary/aromatic N) is 4. The summed E-state index contributed by atoms with van der Waals surface area (Å²) in [5.74, 6) is 4.14. The summed E-state index contributed by atoms with van der Waals surface area (Å²) in [4.78, 5) is 14.4. The van der Waals surface area contributed by atoms with Gasteiger partial charge in [0.1, 0.15) is 17.4 Å². The molecular weight excluding hydrogens is 396 g/mol. The van der Waals surface area contributed by atoms with Crippen LogP contribution >= 0.6 is 12.2 Å². The fourth-order valence-corrected chi connectivity index (χ4v) is 4.35. The SMILES string of the molecule is CC1CCN(c2cc(N3CCCC[C@@H]3C)nc(NC(=S)NCc3ccco3)n2)CC1. The van der Waals surface area contributed by atoms with Crippen molar-refractivity contribution < 1.29 is 4.42 Å². The quantitative estimate of drug-likeness (QED) is 0.688. The van der Waals surface area contributed by atoms with E-state index in [0.29, 0.717) is 23.6 Å². The third kappa shape index (κ3) is 5.22. The third-order valence-electron chi connectivity index (χ3n) is 6.13. The summed E-state index contributed by atoms with van der Waals surface area (Å²) < 4.78 is 5.36. The van der Waals surface area contributed by atoms with Gasteiger partial charge in [-0.2, -0.15) is 9.97 Å². The maximum absolute atomic E-state index is 5.48. The van der Waals surface area contributed by atoms with Gasteiger partial charge >= 0.3 is 0 Å². The monoisotopic (exact) mass is 428 g/mol. The standard InChI is InChI=1S/C22H32N6OS/c1-16-8-11-27(12-9-16)19-14-20(28-10-4-3-6-17(28)2)25-21(24-19)26-22(30)23-15-18-7-5-13-29-18/h5,7,13-14,16-17H,3-4,6,8-12,15H2,1-2H3,(H2,23,24,25,26,30)/t17-/m0/s1. The second-order valence-electron chi connectivity index (χ2n) is 8.50. The molecule has 0 aromatic carbocycles. The largest absolute Gasteiger partial charge is 0.467 e. The molecule has 2 aromatic heterocycles. The van der Waals surface area contributed by atoms with Gasteiger partial charge in [-0.3, -0.25) is 0 Å². The number of hydrogen-bond donors (Lipinski definition) is 2. The second kappa shape index (κ2) is 9.64. The first kappa shape index (κ1) is 20.9. The molecule has 162 valence electrons. The molecule has 2 aromatic rings. The fourth-order valence-electron chi connectivity index (χ4n) is 4.19. The number of aromatic nitrogens is 2. The lowest BCUT2D eigenvalue weighted by atomic mass is 9.99. The topological polar surface area (TPSA) is 69.5 Å². The van der Waals surface area contributed by atoms with Gasteiger partial charge in [0.2, 0.25) is 5.95 Å². The Kier molecular flexibility index (Phi) is 6.72. The van der Waals surface area contributed by atoms with E-state index in [-0.39, 0.29) is 0 Å². The van der Waals surface area contributed by atoms with Crippen LogP contribution in [-0.4, -0.2) is 40.8 Å². The normalized spacial score (nSPS) is 20.3. The van der Waals surface area contributed by atoms with Gasteiger partial charge < -0.3 is 24.9 Å². The van der Waals surface area contributed by atoms with Crippen molar-refractivity contribution in [2.24, 2.45) is 5.92 Å². The van der Waals surface area contributed by atoms with Crippen LogP contribution in [0.4, 0.5) is 17.6 Å². The molecule has 7 nitrogen and oxygen atoms in total. The molecule has 0 aliphatic carbocycles. The van der Waals surface area contributed by atoms with Gasteiger partial charge in [-0.05, 0) is 69.3 Å². The van der Waals surface area contributed by atoms with Crippen LogP contribution in [0.5, 0.6) is 0 Å². The predicted molar refractivity (Wildman–Crippen MR) is 125 cm³/mol. The minimum absolute atomic E-state index is 0.486. The summed E-state index contributed by atoms with van der Waals surface area (Å²) >= 11 is 5.48. The van der Waals surface area contributed by atoms with Crippen molar-refractivity contribution in [2.75, 3.05) is 34.8 Å². The van der Waals surface area contributed by atoms with Crippen LogP contribution in [0.1, 0.15) is 51.7 Å². The molecule has 4 heterocycles. The summed E-state index contributed by atoms with van der Waals surface area (Å²) in [7, 11) is 0. The molecule has 0 unspecified atom stereocenters. The highest BCUT2D eigenvalue weighted by Crippen LogP contribution is 2.29. The van der Waals surface area contributed by atoms with Crippen LogP contribution in [0.25, 0.3) is 0 Å². The molecule has 0 saturated carbocycles. The number of rotatable bonds is 5. The maximum Gasteiger partial charge on any atom is 0.232 e. The van der Waals surface area contributed by atoms with Crippen molar-refractivity contribution in [2.45, 2.75) is 58.5 Å². The highest BCUT2D eigenvalue weighted by molar-refractivity contribution is 7.80. The molecule has 0 spiro atoms. The first-order valence-corrected chi connectivity index (χ1v) is 11.5. The number of thiocarbonyl (C=S) groups is 1. The summed E-state index contributed by atoms with van der Waals surface area (Å²) in [6, 6.07) is 6.42.